The van der Waals surface area contributed by atoms with Gasteiger partial charge in [-0.3, -0.25) is 0 Å². The topological polar surface area (TPSA) is 0 Å². The van der Waals surface area contributed by atoms with Gasteiger partial charge in [-0.05, 0) is 43.2 Å². The smallest absolute Gasteiger partial charge is 0.00885 e. The molecule has 0 amide bonds. The summed E-state index contributed by atoms with van der Waals surface area (Å²) in [6, 6.07) is 6.78. The highest BCUT2D eigenvalue weighted by Gasteiger charge is 2.23. The molecular formula is C15H23Br. The Morgan fingerprint density at radius 1 is 1.25 bits per heavy atom. The summed E-state index contributed by atoms with van der Waals surface area (Å²) in [5.41, 5.74) is 4.70. The highest BCUT2D eigenvalue weighted by molar-refractivity contribution is 9.09. The standard InChI is InChI=1S/C15H23Br/c1-5-8-15(4,11-16)10-14-9-12(2)6-7-13(14)3/h6-7,9H,5,8,10-11H2,1-4H3. The summed E-state index contributed by atoms with van der Waals surface area (Å²) in [6.07, 6.45) is 3.72. The SMILES string of the molecule is CCCC(C)(CBr)Cc1cc(C)ccc1C. The quantitative estimate of drug-likeness (QED) is 0.663. The van der Waals surface area contributed by atoms with E-state index in [0.717, 1.165) is 5.33 Å². The molecule has 0 spiro atoms. The fourth-order valence-corrected chi connectivity index (χ4v) is 2.74. The number of alkyl halides is 1. The Balaban J connectivity index is 2.89. The van der Waals surface area contributed by atoms with E-state index in [1.807, 2.05) is 0 Å². The molecule has 16 heavy (non-hydrogen) atoms. The van der Waals surface area contributed by atoms with Gasteiger partial charge in [0.15, 0.2) is 0 Å². The van der Waals surface area contributed by atoms with Crippen molar-refractivity contribution in [2.45, 2.75) is 47.0 Å². The molecule has 0 nitrogen and oxygen atoms in total. The van der Waals surface area contributed by atoms with Gasteiger partial charge in [-0.15, -0.1) is 0 Å². The third-order valence-corrected chi connectivity index (χ3v) is 4.65. The molecule has 1 unspecified atom stereocenters. The first kappa shape index (κ1) is 13.8. The van der Waals surface area contributed by atoms with Crippen molar-refractivity contribution in [1.82, 2.24) is 0 Å². The van der Waals surface area contributed by atoms with E-state index in [9.17, 15) is 0 Å². The normalized spacial score (nSPS) is 14.8. The molecule has 0 fully saturated rings. The second-order valence-electron chi connectivity index (χ2n) is 5.30. The largest absolute Gasteiger partial charge is 0.0922 e. The molecule has 0 bridgehead atoms. The van der Waals surface area contributed by atoms with Gasteiger partial charge < -0.3 is 0 Å². The van der Waals surface area contributed by atoms with E-state index in [2.05, 4.69) is 61.8 Å². The van der Waals surface area contributed by atoms with E-state index in [1.54, 1.807) is 0 Å². The van der Waals surface area contributed by atoms with Crippen molar-refractivity contribution in [2.24, 2.45) is 5.41 Å². The van der Waals surface area contributed by atoms with Crippen molar-refractivity contribution < 1.29 is 0 Å². The van der Waals surface area contributed by atoms with Crippen LogP contribution in [0, 0.1) is 19.3 Å². The van der Waals surface area contributed by atoms with Crippen LogP contribution in [0.2, 0.25) is 0 Å². The lowest BCUT2D eigenvalue weighted by atomic mass is 9.80. The van der Waals surface area contributed by atoms with Gasteiger partial charge in [0.1, 0.15) is 0 Å². The minimum Gasteiger partial charge on any atom is -0.0922 e. The van der Waals surface area contributed by atoms with Crippen LogP contribution in [0.1, 0.15) is 43.4 Å². The lowest BCUT2D eigenvalue weighted by Crippen LogP contribution is -2.21. The molecule has 1 rings (SSSR count). The monoisotopic (exact) mass is 282 g/mol. The summed E-state index contributed by atoms with van der Waals surface area (Å²) in [5, 5.41) is 1.08. The van der Waals surface area contributed by atoms with E-state index < -0.39 is 0 Å². The third kappa shape index (κ3) is 3.62. The summed E-state index contributed by atoms with van der Waals surface area (Å²) < 4.78 is 0. The average molecular weight is 283 g/mol. The van der Waals surface area contributed by atoms with E-state index in [-0.39, 0.29) is 0 Å². The highest BCUT2D eigenvalue weighted by atomic mass is 79.9. The Labute approximate surface area is 109 Å². The third-order valence-electron chi connectivity index (χ3n) is 3.30. The van der Waals surface area contributed by atoms with Gasteiger partial charge in [-0.25, -0.2) is 0 Å². The van der Waals surface area contributed by atoms with Crippen LogP contribution in [0.25, 0.3) is 0 Å². The molecule has 0 saturated carbocycles. The van der Waals surface area contributed by atoms with Crippen LogP contribution >= 0.6 is 15.9 Å². The molecule has 0 heterocycles. The fourth-order valence-electron chi connectivity index (χ4n) is 2.26. The van der Waals surface area contributed by atoms with Crippen molar-refractivity contribution in [3.8, 4) is 0 Å². The van der Waals surface area contributed by atoms with Crippen LogP contribution in [0.3, 0.4) is 0 Å². The Hall–Kier alpha value is -0.300. The van der Waals surface area contributed by atoms with Gasteiger partial charge in [-0.2, -0.15) is 0 Å². The van der Waals surface area contributed by atoms with Gasteiger partial charge >= 0.3 is 0 Å². The van der Waals surface area contributed by atoms with Crippen LogP contribution in [-0.2, 0) is 6.42 Å². The molecule has 0 radical (unpaired) electrons. The van der Waals surface area contributed by atoms with E-state index >= 15 is 0 Å². The second kappa shape index (κ2) is 5.86. The molecule has 0 aliphatic rings. The zero-order chi connectivity index (χ0) is 12.2. The number of hydrogen-bond donors (Lipinski definition) is 0. The summed E-state index contributed by atoms with van der Waals surface area (Å²) in [6.45, 7) is 9.04. The van der Waals surface area contributed by atoms with E-state index in [1.165, 1.54) is 36.0 Å². The summed E-state index contributed by atoms with van der Waals surface area (Å²) in [5.74, 6) is 0. The van der Waals surface area contributed by atoms with Crippen LogP contribution in [0.4, 0.5) is 0 Å². The molecule has 1 atom stereocenters. The predicted molar refractivity (Wildman–Crippen MR) is 76.4 cm³/mol. The first-order valence-electron chi connectivity index (χ1n) is 6.13. The molecule has 0 aliphatic heterocycles. The van der Waals surface area contributed by atoms with Crippen LogP contribution in [0.5, 0.6) is 0 Å². The van der Waals surface area contributed by atoms with E-state index in [0.29, 0.717) is 5.41 Å². The summed E-state index contributed by atoms with van der Waals surface area (Å²) in [7, 11) is 0. The maximum atomic E-state index is 3.67. The fraction of sp³-hybridized carbons (Fsp3) is 0.600. The summed E-state index contributed by atoms with van der Waals surface area (Å²) in [4.78, 5) is 0. The van der Waals surface area contributed by atoms with E-state index in [4.69, 9.17) is 0 Å². The minimum absolute atomic E-state index is 0.396. The molecular weight excluding hydrogens is 260 g/mol. The Kier molecular flexibility index (Phi) is 5.04. The lowest BCUT2D eigenvalue weighted by molar-refractivity contribution is 0.340. The molecule has 0 N–H and O–H groups in total. The first-order valence-corrected chi connectivity index (χ1v) is 7.25. The molecule has 1 aromatic carbocycles. The zero-order valence-electron chi connectivity index (χ0n) is 10.9. The number of benzene rings is 1. The minimum atomic E-state index is 0.396. The van der Waals surface area contributed by atoms with Gasteiger partial charge in [0.2, 0.25) is 0 Å². The average Bonchev–Trinajstić information content (AvgIpc) is 2.24. The molecule has 1 heteroatoms. The van der Waals surface area contributed by atoms with Crippen molar-refractivity contribution in [1.29, 1.82) is 0 Å². The van der Waals surface area contributed by atoms with Gasteiger partial charge in [-0.1, -0.05) is 60.0 Å². The number of aryl methyl sites for hydroxylation is 2. The van der Waals surface area contributed by atoms with Crippen molar-refractivity contribution in [3.05, 3.63) is 34.9 Å². The lowest BCUT2D eigenvalue weighted by Gasteiger charge is -2.28. The van der Waals surface area contributed by atoms with Gasteiger partial charge in [0.05, 0.1) is 0 Å². The van der Waals surface area contributed by atoms with Crippen LogP contribution in [-0.4, -0.2) is 5.33 Å². The maximum Gasteiger partial charge on any atom is 0.00885 e. The van der Waals surface area contributed by atoms with Crippen molar-refractivity contribution >= 4 is 15.9 Å². The molecule has 90 valence electrons. The Bertz CT molecular complexity index is 343. The first-order chi connectivity index (χ1) is 7.50. The number of halogens is 1. The van der Waals surface area contributed by atoms with Crippen LogP contribution in [0.15, 0.2) is 18.2 Å². The molecule has 0 aliphatic carbocycles. The number of rotatable bonds is 5. The molecule has 1 aromatic rings. The zero-order valence-corrected chi connectivity index (χ0v) is 12.5. The van der Waals surface area contributed by atoms with Crippen molar-refractivity contribution in [2.75, 3.05) is 5.33 Å². The molecule has 0 saturated heterocycles. The van der Waals surface area contributed by atoms with Gasteiger partial charge in [0.25, 0.3) is 0 Å². The maximum absolute atomic E-state index is 3.67. The van der Waals surface area contributed by atoms with Crippen LogP contribution < -0.4 is 0 Å². The molecule has 0 aromatic heterocycles. The van der Waals surface area contributed by atoms with Crippen molar-refractivity contribution in [3.63, 3.8) is 0 Å². The highest BCUT2D eigenvalue weighted by Crippen LogP contribution is 2.31. The van der Waals surface area contributed by atoms with Gasteiger partial charge in [0, 0.05) is 5.33 Å². The predicted octanol–water partition coefficient (Wildman–Crippen LogP) is 5.05. The Morgan fingerprint density at radius 2 is 1.94 bits per heavy atom. The summed E-state index contributed by atoms with van der Waals surface area (Å²) >= 11 is 3.67. The second-order valence-corrected chi connectivity index (χ2v) is 5.86. The number of hydrogen-bond acceptors (Lipinski definition) is 0. The Morgan fingerprint density at radius 3 is 2.50 bits per heavy atom.